The Morgan fingerprint density at radius 2 is 0.537 bits per heavy atom. The smallest absolute Gasteiger partial charge is 0.306 e. The molecule has 67 heavy (non-hydrogen) atoms. The highest BCUT2D eigenvalue weighted by atomic mass is 16.6. The fraction of sp³-hybridized carbons (Fsp3) is 0.852. The summed E-state index contributed by atoms with van der Waals surface area (Å²) < 4.78 is 16.9. The van der Waals surface area contributed by atoms with Gasteiger partial charge in [0.15, 0.2) is 6.10 Å². The molecule has 1 unspecified atom stereocenters. The Hall–Kier alpha value is -2.37. The zero-order chi connectivity index (χ0) is 48.6. The van der Waals surface area contributed by atoms with Crippen LogP contribution in [0.2, 0.25) is 0 Å². The lowest BCUT2D eigenvalue weighted by molar-refractivity contribution is -0.167. The lowest BCUT2D eigenvalue weighted by Crippen LogP contribution is -2.30. The molecule has 0 fully saturated rings. The summed E-state index contributed by atoms with van der Waals surface area (Å²) in [6.45, 7) is 6.65. The molecular formula is C61H112O6. The van der Waals surface area contributed by atoms with E-state index in [-0.39, 0.29) is 31.1 Å². The average Bonchev–Trinajstić information content (AvgIpc) is 3.33. The summed E-state index contributed by atoms with van der Waals surface area (Å²) in [6, 6.07) is 0. The third-order valence-electron chi connectivity index (χ3n) is 13.2. The van der Waals surface area contributed by atoms with Gasteiger partial charge in [0.2, 0.25) is 0 Å². The topological polar surface area (TPSA) is 78.9 Å². The van der Waals surface area contributed by atoms with Crippen molar-refractivity contribution in [2.24, 2.45) is 0 Å². The van der Waals surface area contributed by atoms with E-state index in [0.29, 0.717) is 19.3 Å². The molecule has 6 heteroatoms. The SMILES string of the molecule is CCCCCCC\C=C/C=C\C=C/CCCCCCCC(=O)OCC(COC(=O)CCCCCCCCCCCCCCC)OC(=O)CCCCCCCCCCCCCCCCCCCC. The van der Waals surface area contributed by atoms with E-state index in [0.717, 1.165) is 77.0 Å². The van der Waals surface area contributed by atoms with Crippen LogP contribution in [0.1, 0.15) is 316 Å². The molecule has 0 aliphatic carbocycles. The third kappa shape index (κ3) is 54.4. The van der Waals surface area contributed by atoms with E-state index in [4.69, 9.17) is 14.2 Å². The molecule has 0 aromatic heterocycles. The lowest BCUT2D eigenvalue weighted by atomic mass is 10.0. The highest BCUT2D eigenvalue weighted by Crippen LogP contribution is 2.17. The van der Waals surface area contributed by atoms with Crippen LogP contribution in [0.15, 0.2) is 36.5 Å². The number of hydrogen-bond donors (Lipinski definition) is 0. The van der Waals surface area contributed by atoms with Crippen molar-refractivity contribution < 1.29 is 28.6 Å². The zero-order valence-electron chi connectivity index (χ0n) is 44.9. The molecule has 0 amide bonds. The van der Waals surface area contributed by atoms with Gasteiger partial charge in [0, 0.05) is 19.3 Å². The predicted molar refractivity (Wildman–Crippen MR) is 289 cm³/mol. The first-order chi connectivity index (χ1) is 33.0. The fourth-order valence-electron chi connectivity index (χ4n) is 8.74. The van der Waals surface area contributed by atoms with Crippen molar-refractivity contribution in [2.75, 3.05) is 13.2 Å². The first-order valence-electron chi connectivity index (χ1n) is 29.5. The molecule has 0 aromatic carbocycles. The maximum absolute atomic E-state index is 12.9. The maximum Gasteiger partial charge on any atom is 0.306 e. The molecule has 0 radical (unpaired) electrons. The molecule has 392 valence electrons. The largest absolute Gasteiger partial charge is 0.462 e. The van der Waals surface area contributed by atoms with Gasteiger partial charge >= 0.3 is 17.9 Å². The summed E-state index contributed by atoms with van der Waals surface area (Å²) in [5, 5.41) is 0. The summed E-state index contributed by atoms with van der Waals surface area (Å²) >= 11 is 0. The van der Waals surface area contributed by atoms with E-state index in [9.17, 15) is 14.4 Å². The second-order valence-corrected chi connectivity index (χ2v) is 20.0. The van der Waals surface area contributed by atoms with Gasteiger partial charge in [0.25, 0.3) is 0 Å². The van der Waals surface area contributed by atoms with Crippen LogP contribution >= 0.6 is 0 Å². The highest BCUT2D eigenvalue weighted by molar-refractivity contribution is 5.71. The Labute approximate surface area is 416 Å². The van der Waals surface area contributed by atoms with Gasteiger partial charge in [-0.3, -0.25) is 14.4 Å². The molecule has 0 aliphatic heterocycles. The van der Waals surface area contributed by atoms with Crippen LogP contribution in [0.25, 0.3) is 0 Å². The summed E-state index contributed by atoms with van der Waals surface area (Å²) in [7, 11) is 0. The predicted octanol–water partition coefficient (Wildman–Crippen LogP) is 19.7. The number of allylic oxidation sites excluding steroid dienone is 6. The Bertz CT molecular complexity index is 1130. The van der Waals surface area contributed by atoms with Gasteiger partial charge in [0.1, 0.15) is 13.2 Å². The molecule has 0 N–H and O–H groups in total. The minimum atomic E-state index is -0.776. The quantitative estimate of drug-likeness (QED) is 0.0262. The normalized spacial score (nSPS) is 12.2. The van der Waals surface area contributed by atoms with Crippen molar-refractivity contribution in [2.45, 2.75) is 322 Å². The van der Waals surface area contributed by atoms with Crippen molar-refractivity contribution in [1.82, 2.24) is 0 Å². The Morgan fingerprint density at radius 1 is 0.299 bits per heavy atom. The van der Waals surface area contributed by atoms with Crippen LogP contribution in [0.5, 0.6) is 0 Å². The fourth-order valence-corrected chi connectivity index (χ4v) is 8.74. The minimum absolute atomic E-state index is 0.0739. The number of hydrogen-bond acceptors (Lipinski definition) is 6. The van der Waals surface area contributed by atoms with Crippen molar-refractivity contribution in [3.05, 3.63) is 36.5 Å². The number of unbranched alkanes of at least 4 members (excludes halogenated alkanes) is 39. The van der Waals surface area contributed by atoms with Crippen molar-refractivity contribution in [3.63, 3.8) is 0 Å². The van der Waals surface area contributed by atoms with Gasteiger partial charge in [-0.05, 0) is 44.9 Å². The van der Waals surface area contributed by atoms with Crippen LogP contribution in [-0.2, 0) is 28.6 Å². The number of carbonyl (C=O) groups is 3. The molecule has 0 heterocycles. The lowest BCUT2D eigenvalue weighted by Gasteiger charge is -2.18. The number of ether oxygens (including phenoxy) is 3. The van der Waals surface area contributed by atoms with Gasteiger partial charge in [0.05, 0.1) is 0 Å². The molecule has 1 atom stereocenters. The first-order valence-corrected chi connectivity index (χ1v) is 29.5. The van der Waals surface area contributed by atoms with Gasteiger partial charge in [-0.25, -0.2) is 0 Å². The summed E-state index contributed by atoms with van der Waals surface area (Å²) in [6.07, 6.45) is 67.0. The maximum atomic E-state index is 12.9. The number of rotatable bonds is 54. The summed E-state index contributed by atoms with van der Waals surface area (Å²) in [5.41, 5.74) is 0. The van der Waals surface area contributed by atoms with Crippen LogP contribution in [0, 0.1) is 0 Å². The molecular weight excluding hydrogens is 829 g/mol. The minimum Gasteiger partial charge on any atom is -0.462 e. The first kappa shape index (κ1) is 64.6. The van der Waals surface area contributed by atoms with Crippen molar-refractivity contribution in [1.29, 1.82) is 0 Å². The monoisotopic (exact) mass is 941 g/mol. The van der Waals surface area contributed by atoms with E-state index in [1.807, 2.05) is 0 Å². The molecule has 0 saturated heterocycles. The third-order valence-corrected chi connectivity index (χ3v) is 13.2. The van der Waals surface area contributed by atoms with Gasteiger partial charge in [-0.1, -0.05) is 288 Å². The van der Waals surface area contributed by atoms with Crippen molar-refractivity contribution >= 4 is 17.9 Å². The molecule has 0 aliphatic rings. The van der Waals surface area contributed by atoms with Crippen molar-refractivity contribution in [3.8, 4) is 0 Å². The van der Waals surface area contributed by atoms with Crippen LogP contribution < -0.4 is 0 Å². The van der Waals surface area contributed by atoms with Gasteiger partial charge in [-0.15, -0.1) is 0 Å². The van der Waals surface area contributed by atoms with E-state index >= 15 is 0 Å². The van der Waals surface area contributed by atoms with E-state index < -0.39 is 6.10 Å². The van der Waals surface area contributed by atoms with Crippen LogP contribution in [-0.4, -0.2) is 37.2 Å². The van der Waals surface area contributed by atoms with E-state index in [2.05, 4.69) is 57.2 Å². The Balaban J connectivity index is 4.36. The second-order valence-electron chi connectivity index (χ2n) is 20.0. The number of carbonyl (C=O) groups excluding carboxylic acids is 3. The van der Waals surface area contributed by atoms with E-state index in [1.165, 1.54) is 199 Å². The van der Waals surface area contributed by atoms with E-state index in [1.54, 1.807) is 0 Å². The number of esters is 3. The molecule has 6 nitrogen and oxygen atoms in total. The molecule has 0 rings (SSSR count). The molecule has 0 spiro atoms. The summed E-state index contributed by atoms with van der Waals surface area (Å²) in [4.78, 5) is 38.2. The molecule has 0 aromatic rings. The Morgan fingerprint density at radius 3 is 0.821 bits per heavy atom. The average molecular weight is 942 g/mol. The highest BCUT2D eigenvalue weighted by Gasteiger charge is 2.19. The van der Waals surface area contributed by atoms with Gasteiger partial charge < -0.3 is 14.2 Å². The summed E-state index contributed by atoms with van der Waals surface area (Å²) in [5.74, 6) is -0.874. The van der Waals surface area contributed by atoms with Crippen LogP contribution in [0.3, 0.4) is 0 Å². The van der Waals surface area contributed by atoms with Gasteiger partial charge in [-0.2, -0.15) is 0 Å². The second kappa shape index (κ2) is 56.2. The molecule has 0 bridgehead atoms. The molecule has 0 saturated carbocycles. The standard InChI is InChI=1S/C61H112O6/c1-4-7-10-13-16-19-22-25-27-29-31-33-36-39-42-45-48-51-54-60(63)66-57-58(56-65-59(62)53-50-47-44-41-38-35-24-21-18-15-12-9-6-3)67-61(64)55-52-49-46-43-40-37-34-32-30-28-26-23-20-17-14-11-8-5-2/h22,25,27,29,31,33,58H,4-21,23-24,26,28,30,32,34-57H2,1-3H3/b25-22-,29-27-,33-31-. The van der Waals surface area contributed by atoms with Crippen LogP contribution in [0.4, 0.5) is 0 Å². The zero-order valence-corrected chi connectivity index (χ0v) is 44.9. The Kier molecular flexibility index (Phi) is 54.2.